The number of halogens is 4. The number of aromatic nitrogens is 3. The summed E-state index contributed by atoms with van der Waals surface area (Å²) in [6, 6.07) is 22.4. The lowest BCUT2D eigenvalue weighted by Crippen LogP contribution is -2.48. The van der Waals surface area contributed by atoms with Crippen LogP contribution in [0.5, 0.6) is 11.5 Å². The van der Waals surface area contributed by atoms with Crippen molar-refractivity contribution in [3.63, 3.8) is 0 Å². The van der Waals surface area contributed by atoms with Crippen molar-refractivity contribution in [2.24, 2.45) is 0 Å². The van der Waals surface area contributed by atoms with E-state index in [0.717, 1.165) is 39.6 Å². The number of nitrogens with zero attached hydrogens (tertiary/aromatic N) is 3. The quantitative estimate of drug-likeness (QED) is 0.197. The Morgan fingerprint density at radius 2 is 1.45 bits per heavy atom. The monoisotopic (exact) mass is 670 g/mol. The van der Waals surface area contributed by atoms with Crippen LogP contribution in [-0.4, -0.2) is 34.3 Å². The molecule has 0 aliphatic rings. The van der Waals surface area contributed by atoms with Gasteiger partial charge < -0.3 is 9.47 Å². The molecule has 0 fully saturated rings. The number of alkyl halides is 3. The third kappa shape index (κ3) is 7.35. The second kappa shape index (κ2) is 12.7. The van der Waals surface area contributed by atoms with Crippen molar-refractivity contribution in [2.75, 3.05) is 0 Å². The van der Waals surface area contributed by atoms with Crippen molar-refractivity contribution in [3.05, 3.63) is 131 Å². The number of para-hydroxylation sites is 1. The van der Waals surface area contributed by atoms with E-state index in [1.54, 1.807) is 6.07 Å². The van der Waals surface area contributed by atoms with E-state index >= 15 is 0 Å². The van der Waals surface area contributed by atoms with Crippen molar-refractivity contribution >= 4 is 15.9 Å². The molecule has 1 N–H and O–H groups in total. The molecular formula is C32H26F4N4O6S. The Bertz CT molecular complexity index is 2060. The average Bonchev–Trinajstić information content (AvgIpc) is 3.36. The lowest BCUT2D eigenvalue weighted by molar-refractivity contribution is -0.137. The predicted octanol–water partition coefficient (Wildman–Crippen LogP) is 5.42. The highest BCUT2D eigenvalue weighted by Gasteiger charge is 2.34. The third-order valence-electron chi connectivity index (χ3n) is 6.77. The average molecular weight is 671 g/mol. The Labute approximate surface area is 265 Å². The summed E-state index contributed by atoms with van der Waals surface area (Å²) in [7, 11) is -4.13. The van der Waals surface area contributed by atoms with E-state index in [4.69, 9.17) is 9.47 Å². The third-order valence-corrected chi connectivity index (χ3v) is 8.12. The highest BCUT2D eigenvalue weighted by atomic mass is 32.2. The van der Waals surface area contributed by atoms with Gasteiger partial charge in [0.1, 0.15) is 23.9 Å². The van der Waals surface area contributed by atoms with E-state index in [1.807, 2.05) is 4.72 Å². The van der Waals surface area contributed by atoms with E-state index in [-0.39, 0.29) is 40.2 Å². The molecule has 5 aromatic rings. The molecule has 10 nitrogen and oxygen atoms in total. The Hall–Kier alpha value is -5.44. The lowest BCUT2D eigenvalue weighted by atomic mass is 10.1. The normalized spacial score (nSPS) is 12.0. The van der Waals surface area contributed by atoms with Crippen LogP contribution in [-0.2, 0) is 27.6 Å². The van der Waals surface area contributed by atoms with Crippen molar-refractivity contribution in [1.82, 2.24) is 19.1 Å². The molecule has 0 aliphatic heterocycles. The van der Waals surface area contributed by atoms with Gasteiger partial charge in [-0.1, -0.05) is 30.3 Å². The number of hydrogen-bond acceptors (Lipinski definition) is 7. The number of nitrogens with one attached hydrogen (secondary N) is 1. The highest BCUT2D eigenvalue weighted by Crippen LogP contribution is 2.29. The summed E-state index contributed by atoms with van der Waals surface area (Å²) < 4.78 is 94.4. The maximum atomic E-state index is 14.8. The Morgan fingerprint density at radius 3 is 2.06 bits per heavy atom. The molecule has 0 saturated carbocycles. The van der Waals surface area contributed by atoms with Crippen LogP contribution >= 0.6 is 0 Å². The van der Waals surface area contributed by atoms with Crippen molar-refractivity contribution in [3.8, 4) is 22.9 Å². The Morgan fingerprint density at radius 1 is 0.851 bits per heavy atom. The number of carbonyl (C=O) groups is 1. The molecule has 0 aliphatic carbocycles. The molecule has 5 rings (SSSR count). The summed E-state index contributed by atoms with van der Waals surface area (Å²) in [6.07, 6.45) is -4.58. The van der Waals surface area contributed by atoms with Gasteiger partial charge in [-0.2, -0.15) is 17.9 Å². The van der Waals surface area contributed by atoms with Crippen LogP contribution in [0.2, 0.25) is 0 Å². The zero-order chi connectivity index (χ0) is 34.0. The van der Waals surface area contributed by atoms with Crippen LogP contribution in [0.3, 0.4) is 0 Å². The first-order valence-corrected chi connectivity index (χ1v) is 15.3. The predicted molar refractivity (Wildman–Crippen MR) is 161 cm³/mol. The summed E-state index contributed by atoms with van der Waals surface area (Å²) in [5, 5.41) is 4.22. The minimum Gasteiger partial charge on any atom is -0.486 e. The molecule has 47 heavy (non-hydrogen) atoms. The summed E-state index contributed by atoms with van der Waals surface area (Å²) in [6.45, 7) is 2.42. The minimum atomic E-state index is -4.58. The van der Waals surface area contributed by atoms with E-state index in [1.165, 1.54) is 80.6 Å². The second-order valence-corrected chi connectivity index (χ2v) is 12.2. The van der Waals surface area contributed by atoms with E-state index < -0.39 is 44.8 Å². The number of ether oxygens (including phenoxy) is 2. The molecule has 0 bridgehead atoms. The molecule has 15 heteroatoms. The van der Waals surface area contributed by atoms with Crippen molar-refractivity contribution in [1.29, 1.82) is 0 Å². The van der Waals surface area contributed by atoms with Gasteiger partial charge >= 0.3 is 11.9 Å². The Balaban J connectivity index is 1.33. The molecule has 1 heterocycles. The zero-order valence-corrected chi connectivity index (χ0v) is 25.5. The topological polar surface area (TPSA) is 122 Å². The maximum absolute atomic E-state index is 14.8. The highest BCUT2D eigenvalue weighted by molar-refractivity contribution is 7.90. The second-order valence-electron chi connectivity index (χ2n) is 10.6. The number of rotatable bonds is 10. The van der Waals surface area contributed by atoms with E-state index in [2.05, 4.69) is 5.10 Å². The fraction of sp³-hybridized carbons (Fsp3) is 0.156. The van der Waals surface area contributed by atoms with Gasteiger partial charge in [0.25, 0.3) is 15.9 Å². The number of carbonyl (C=O) groups excluding carboxylic acids is 1. The van der Waals surface area contributed by atoms with Crippen LogP contribution in [0, 0.1) is 5.82 Å². The summed E-state index contributed by atoms with van der Waals surface area (Å²) in [5.74, 6) is -1.26. The molecule has 0 radical (unpaired) electrons. The molecule has 0 unspecified atom stereocenters. The summed E-state index contributed by atoms with van der Waals surface area (Å²) in [4.78, 5) is 26.1. The first-order valence-electron chi connectivity index (χ1n) is 13.8. The van der Waals surface area contributed by atoms with Gasteiger partial charge in [-0.15, -0.1) is 5.10 Å². The van der Waals surface area contributed by atoms with Gasteiger partial charge in [0.2, 0.25) is 0 Å². The van der Waals surface area contributed by atoms with Gasteiger partial charge in [-0.05, 0) is 86.6 Å². The van der Waals surface area contributed by atoms with Gasteiger partial charge in [-0.3, -0.25) is 4.79 Å². The van der Waals surface area contributed by atoms with Crippen LogP contribution in [0.1, 0.15) is 25.2 Å². The van der Waals surface area contributed by atoms with E-state index in [9.17, 15) is 35.6 Å². The molecule has 0 saturated heterocycles. The molecule has 4 aromatic carbocycles. The molecule has 244 valence electrons. The largest absolute Gasteiger partial charge is 0.486 e. The first-order chi connectivity index (χ1) is 22.2. The van der Waals surface area contributed by atoms with Gasteiger partial charge in [-0.25, -0.2) is 26.9 Å². The van der Waals surface area contributed by atoms with Gasteiger partial charge in [0.05, 0.1) is 21.8 Å². The van der Waals surface area contributed by atoms with Crippen molar-refractivity contribution in [2.45, 2.75) is 37.1 Å². The fourth-order valence-electron chi connectivity index (χ4n) is 4.33. The number of amides is 1. The SMILES string of the molecule is CC(C)(Oc1ccc(OCc2nn(-c3ccc(C(F)(F)F)cc3)c(=O)n2-c2ccccc2F)cc1)C(=O)NS(=O)(=O)c1ccccc1. The maximum Gasteiger partial charge on any atom is 0.416 e. The first kappa shape index (κ1) is 32.9. The number of benzene rings is 4. The van der Waals surface area contributed by atoms with Crippen LogP contribution in [0.4, 0.5) is 17.6 Å². The number of sulfonamides is 1. The standard InChI is InChI=1S/C32H26F4N4O6S/c1-31(2,29(41)38-47(43,44)25-8-4-3-5-9-25)46-24-18-16-23(17-19-24)45-20-28-37-40(22-14-12-21(13-15-22)32(34,35)36)30(42)39(28)27-11-7-6-10-26(27)33/h3-19H,20H2,1-2H3,(H,38,41). The Kier molecular flexibility index (Phi) is 8.94. The molecular weight excluding hydrogens is 644 g/mol. The van der Waals surface area contributed by atoms with Gasteiger partial charge in [0, 0.05) is 0 Å². The fourth-order valence-corrected chi connectivity index (χ4v) is 5.46. The van der Waals surface area contributed by atoms with Gasteiger partial charge in [0.15, 0.2) is 11.4 Å². The molecule has 1 aromatic heterocycles. The number of hydrogen-bond donors (Lipinski definition) is 1. The molecule has 0 spiro atoms. The zero-order valence-electron chi connectivity index (χ0n) is 24.7. The van der Waals surface area contributed by atoms with Crippen LogP contribution in [0.15, 0.2) is 113 Å². The van der Waals surface area contributed by atoms with Crippen molar-refractivity contribution < 1.29 is 40.2 Å². The molecule has 0 atom stereocenters. The summed E-state index contributed by atoms with van der Waals surface area (Å²) in [5.41, 5.74) is -3.49. The van der Waals surface area contributed by atoms with Crippen LogP contribution in [0.25, 0.3) is 11.4 Å². The van der Waals surface area contributed by atoms with E-state index in [0.29, 0.717) is 0 Å². The smallest absolute Gasteiger partial charge is 0.416 e. The van der Waals surface area contributed by atoms with Crippen LogP contribution < -0.4 is 19.9 Å². The lowest BCUT2D eigenvalue weighted by Gasteiger charge is -2.25. The minimum absolute atomic E-state index is 0.0176. The summed E-state index contributed by atoms with van der Waals surface area (Å²) >= 11 is 0. The molecule has 1 amide bonds.